The second kappa shape index (κ2) is 6.90. The minimum Gasteiger partial charge on any atom is -0.396 e. The number of nitrogens with zero attached hydrogens (tertiary/aromatic N) is 2. The van der Waals surface area contributed by atoms with Crippen LogP contribution in [-0.2, 0) is 7.05 Å². The summed E-state index contributed by atoms with van der Waals surface area (Å²) in [5, 5.41) is 15.4. The van der Waals surface area contributed by atoms with E-state index in [4.69, 9.17) is 10.8 Å². The van der Waals surface area contributed by atoms with E-state index >= 15 is 0 Å². The fourth-order valence-electron chi connectivity index (χ4n) is 1.56. The van der Waals surface area contributed by atoms with Crippen molar-refractivity contribution in [3.63, 3.8) is 0 Å². The van der Waals surface area contributed by atoms with Crippen LogP contribution in [0.2, 0.25) is 0 Å². The van der Waals surface area contributed by atoms with Crippen LogP contribution in [0.25, 0.3) is 0 Å². The van der Waals surface area contributed by atoms with Gasteiger partial charge in [-0.15, -0.1) is 0 Å². The number of nitrogens with one attached hydrogen (secondary N) is 1. The lowest BCUT2D eigenvalue weighted by atomic mass is 10.2. The molecule has 1 heterocycles. The van der Waals surface area contributed by atoms with E-state index in [-0.39, 0.29) is 18.2 Å². The van der Waals surface area contributed by atoms with Crippen molar-refractivity contribution in [2.45, 2.75) is 25.7 Å². The molecule has 0 saturated carbocycles. The summed E-state index contributed by atoms with van der Waals surface area (Å²) in [4.78, 5) is 11.7. The molecule has 0 fully saturated rings. The van der Waals surface area contributed by atoms with Crippen LogP contribution >= 0.6 is 0 Å². The summed E-state index contributed by atoms with van der Waals surface area (Å²) < 4.78 is 1.52. The van der Waals surface area contributed by atoms with Gasteiger partial charge >= 0.3 is 0 Å². The highest BCUT2D eigenvalue weighted by molar-refractivity contribution is 5.96. The number of aryl methyl sites for hydroxylation is 1. The van der Waals surface area contributed by atoms with Crippen molar-refractivity contribution in [2.24, 2.45) is 7.05 Å². The van der Waals surface area contributed by atoms with Gasteiger partial charge in [0.05, 0.1) is 5.69 Å². The van der Waals surface area contributed by atoms with Gasteiger partial charge in [-0.2, -0.15) is 5.10 Å². The maximum absolute atomic E-state index is 11.7. The quantitative estimate of drug-likeness (QED) is 0.597. The molecule has 0 radical (unpaired) electrons. The Morgan fingerprint density at radius 2 is 2.18 bits per heavy atom. The zero-order valence-corrected chi connectivity index (χ0v) is 10.1. The van der Waals surface area contributed by atoms with Crippen molar-refractivity contribution < 1.29 is 9.90 Å². The van der Waals surface area contributed by atoms with Crippen LogP contribution in [0.1, 0.15) is 36.2 Å². The molecule has 17 heavy (non-hydrogen) atoms. The van der Waals surface area contributed by atoms with Gasteiger partial charge in [0.25, 0.3) is 5.91 Å². The topological polar surface area (TPSA) is 93.2 Å². The molecular weight excluding hydrogens is 220 g/mol. The molecule has 96 valence electrons. The molecule has 1 amide bonds. The Morgan fingerprint density at radius 1 is 1.47 bits per heavy atom. The van der Waals surface area contributed by atoms with Crippen molar-refractivity contribution in [3.05, 3.63) is 11.9 Å². The number of carbonyl (C=O) groups excluding carboxylic acids is 1. The molecule has 0 spiro atoms. The number of nitrogen functional groups attached to an aromatic ring is 1. The molecular formula is C11H20N4O2. The maximum atomic E-state index is 11.7. The second-order valence-corrected chi connectivity index (χ2v) is 4.00. The molecule has 1 rings (SSSR count). The Bertz CT molecular complexity index is 362. The van der Waals surface area contributed by atoms with Crippen molar-refractivity contribution >= 4 is 11.6 Å². The predicted molar refractivity (Wildman–Crippen MR) is 65.5 cm³/mol. The van der Waals surface area contributed by atoms with Crippen LogP contribution in [0.4, 0.5) is 5.69 Å². The molecule has 6 nitrogen and oxygen atoms in total. The van der Waals surface area contributed by atoms with Gasteiger partial charge in [-0.25, -0.2) is 0 Å². The van der Waals surface area contributed by atoms with Gasteiger partial charge in [0.2, 0.25) is 0 Å². The lowest BCUT2D eigenvalue weighted by Gasteiger charge is -2.03. The summed E-state index contributed by atoms with van der Waals surface area (Å²) in [6.07, 6.45) is 5.31. The average molecular weight is 240 g/mol. The van der Waals surface area contributed by atoms with Crippen molar-refractivity contribution in [1.29, 1.82) is 0 Å². The number of unbranched alkanes of at least 4 members (excludes halogenated alkanes) is 3. The highest BCUT2D eigenvalue weighted by atomic mass is 16.2. The standard InChI is InChI=1S/C11H20N4O2/c1-15-8-9(12)10(14-15)11(17)13-6-4-2-3-5-7-16/h8,16H,2-7,12H2,1H3,(H,13,17). The van der Waals surface area contributed by atoms with Gasteiger partial charge in [0.1, 0.15) is 0 Å². The summed E-state index contributed by atoms with van der Waals surface area (Å²) >= 11 is 0. The Labute approximate surface area is 101 Å². The van der Waals surface area contributed by atoms with Crippen LogP contribution in [0, 0.1) is 0 Å². The molecule has 0 aliphatic carbocycles. The van der Waals surface area contributed by atoms with Gasteiger partial charge in [0, 0.05) is 26.4 Å². The molecule has 4 N–H and O–H groups in total. The second-order valence-electron chi connectivity index (χ2n) is 4.00. The van der Waals surface area contributed by atoms with E-state index in [1.807, 2.05) is 0 Å². The number of aliphatic hydroxyl groups is 1. The molecule has 0 bridgehead atoms. The Morgan fingerprint density at radius 3 is 2.76 bits per heavy atom. The number of rotatable bonds is 7. The molecule has 0 unspecified atom stereocenters. The van der Waals surface area contributed by atoms with Gasteiger partial charge < -0.3 is 16.2 Å². The van der Waals surface area contributed by atoms with Crippen molar-refractivity contribution in [1.82, 2.24) is 15.1 Å². The largest absolute Gasteiger partial charge is 0.396 e. The normalized spacial score (nSPS) is 10.5. The van der Waals surface area contributed by atoms with Crippen molar-refractivity contribution in [3.8, 4) is 0 Å². The maximum Gasteiger partial charge on any atom is 0.273 e. The number of aliphatic hydroxyl groups excluding tert-OH is 1. The van der Waals surface area contributed by atoms with E-state index in [1.54, 1.807) is 13.2 Å². The van der Waals surface area contributed by atoms with Gasteiger partial charge in [-0.3, -0.25) is 9.48 Å². The van der Waals surface area contributed by atoms with E-state index in [1.165, 1.54) is 4.68 Å². The first-order valence-corrected chi connectivity index (χ1v) is 5.83. The van der Waals surface area contributed by atoms with E-state index in [0.29, 0.717) is 12.2 Å². The zero-order chi connectivity index (χ0) is 12.7. The van der Waals surface area contributed by atoms with Crippen LogP contribution in [0.3, 0.4) is 0 Å². The Balaban J connectivity index is 2.23. The molecule has 0 aromatic carbocycles. The molecule has 1 aromatic rings. The summed E-state index contributed by atoms with van der Waals surface area (Å²) in [6.45, 7) is 0.844. The molecule has 1 aromatic heterocycles. The Hall–Kier alpha value is -1.56. The van der Waals surface area contributed by atoms with E-state index in [2.05, 4.69) is 10.4 Å². The average Bonchev–Trinajstić information content (AvgIpc) is 2.62. The van der Waals surface area contributed by atoms with Gasteiger partial charge in [0.15, 0.2) is 5.69 Å². The van der Waals surface area contributed by atoms with Crippen LogP contribution < -0.4 is 11.1 Å². The monoisotopic (exact) mass is 240 g/mol. The van der Waals surface area contributed by atoms with E-state index in [0.717, 1.165) is 25.7 Å². The minimum atomic E-state index is -0.231. The smallest absolute Gasteiger partial charge is 0.273 e. The number of hydrogen-bond donors (Lipinski definition) is 3. The third kappa shape index (κ3) is 4.44. The lowest BCUT2D eigenvalue weighted by Crippen LogP contribution is -2.25. The van der Waals surface area contributed by atoms with Crippen molar-refractivity contribution in [2.75, 3.05) is 18.9 Å². The van der Waals surface area contributed by atoms with E-state index < -0.39 is 0 Å². The summed E-state index contributed by atoms with van der Waals surface area (Å²) in [5.74, 6) is -0.231. The molecule has 0 aliphatic heterocycles. The third-order valence-electron chi connectivity index (χ3n) is 2.44. The SMILES string of the molecule is Cn1cc(N)c(C(=O)NCCCCCCO)n1. The highest BCUT2D eigenvalue weighted by Crippen LogP contribution is 2.07. The fourth-order valence-corrected chi connectivity index (χ4v) is 1.56. The predicted octanol–water partition coefficient (Wildman–Crippen LogP) is 0.285. The molecule has 0 atom stereocenters. The molecule has 6 heteroatoms. The van der Waals surface area contributed by atoms with Gasteiger partial charge in [-0.1, -0.05) is 12.8 Å². The number of anilines is 1. The number of amides is 1. The number of carbonyl (C=O) groups is 1. The first-order chi connectivity index (χ1) is 8.15. The summed E-state index contributed by atoms with van der Waals surface area (Å²) in [6, 6.07) is 0. The summed E-state index contributed by atoms with van der Waals surface area (Å²) in [7, 11) is 1.72. The Kier molecular flexibility index (Phi) is 5.48. The zero-order valence-electron chi connectivity index (χ0n) is 10.1. The molecule has 0 saturated heterocycles. The fraction of sp³-hybridized carbons (Fsp3) is 0.636. The van der Waals surface area contributed by atoms with Crippen LogP contribution in [-0.4, -0.2) is 33.9 Å². The lowest BCUT2D eigenvalue weighted by molar-refractivity contribution is 0.0948. The number of hydrogen-bond acceptors (Lipinski definition) is 4. The van der Waals surface area contributed by atoms with E-state index in [9.17, 15) is 4.79 Å². The van der Waals surface area contributed by atoms with Gasteiger partial charge in [-0.05, 0) is 12.8 Å². The van der Waals surface area contributed by atoms with Crippen LogP contribution in [0.5, 0.6) is 0 Å². The molecule has 0 aliphatic rings. The first kappa shape index (κ1) is 13.5. The first-order valence-electron chi connectivity index (χ1n) is 5.83. The number of aromatic nitrogens is 2. The minimum absolute atomic E-state index is 0.231. The number of nitrogens with two attached hydrogens (primary N) is 1. The third-order valence-corrected chi connectivity index (χ3v) is 2.44. The van der Waals surface area contributed by atoms with Crippen LogP contribution in [0.15, 0.2) is 6.20 Å². The summed E-state index contributed by atoms with van der Waals surface area (Å²) in [5.41, 5.74) is 6.31. The highest BCUT2D eigenvalue weighted by Gasteiger charge is 2.12.